The molecule has 0 radical (unpaired) electrons. The van der Waals surface area contributed by atoms with Gasteiger partial charge in [0.25, 0.3) is 0 Å². The van der Waals surface area contributed by atoms with E-state index in [1.54, 1.807) is 19.1 Å². The van der Waals surface area contributed by atoms with Crippen LogP contribution in [0.15, 0.2) is 42.5 Å². The zero-order chi connectivity index (χ0) is 21.8. The summed E-state index contributed by atoms with van der Waals surface area (Å²) in [5.74, 6) is 0.0289. The van der Waals surface area contributed by atoms with Crippen LogP contribution in [0.3, 0.4) is 0 Å². The number of ether oxygens (including phenoxy) is 1. The van der Waals surface area contributed by atoms with Crippen LogP contribution in [0.25, 0.3) is 0 Å². The van der Waals surface area contributed by atoms with Crippen LogP contribution in [0, 0.1) is 6.92 Å². The zero-order valence-electron chi connectivity index (χ0n) is 17.3. The third-order valence-electron chi connectivity index (χ3n) is 4.68. The molecule has 0 unspecified atom stereocenters. The molecule has 0 aromatic heterocycles. The van der Waals surface area contributed by atoms with Gasteiger partial charge in [0.15, 0.2) is 0 Å². The van der Waals surface area contributed by atoms with Gasteiger partial charge in [-0.15, -0.1) is 0 Å². The first-order valence-electron chi connectivity index (χ1n) is 9.28. The third-order valence-corrected chi connectivity index (χ3v) is 6.22. The normalized spacial score (nSPS) is 13.4. The lowest BCUT2D eigenvalue weighted by molar-refractivity contribution is -0.122. The first-order valence-corrected chi connectivity index (χ1v) is 11.5. The van der Waals surface area contributed by atoms with E-state index in [4.69, 9.17) is 16.3 Å². The van der Waals surface area contributed by atoms with Crippen molar-refractivity contribution >= 4 is 33.2 Å². The number of methoxy groups -OCH3 is 1. The lowest BCUT2D eigenvalue weighted by atomic mass is 10.0. The second kappa shape index (κ2) is 9.50. The number of amides is 1. The molecule has 29 heavy (non-hydrogen) atoms. The van der Waals surface area contributed by atoms with Gasteiger partial charge < -0.3 is 10.1 Å². The zero-order valence-corrected chi connectivity index (χ0v) is 18.8. The number of anilines is 1. The quantitative estimate of drug-likeness (QED) is 0.673. The van der Waals surface area contributed by atoms with Crippen LogP contribution in [0.2, 0.25) is 5.02 Å². The molecule has 8 heteroatoms. The summed E-state index contributed by atoms with van der Waals surface area (Å²) in [6.07, 6.45) is 1.74. The SMILES string of the molecule is CC[C@@H](NC(=O)[C@@H](C)N(c1ccc(OC)c(Cl)c1)S(C)(=O)=O)c1ccc(C)cc1. The van der Waals surface area contributed by atoms with Gasteiger partial charge >= 0.3 is 0 Å². The first kappa shape index (κ1) is 23.0. The maximum Gasteiger partial charge on any atom is 0.244 e. The van der Waals surface area contributed by atoms with E-state index in [9.17, 15) is 13.2 Å². The molecule has 0 fully saturated rings. The van der Waals surface area contributed by atoms with Crippen molar-refractivity contribution in [1.29, 1.82) is 0 Å². The molecule has 6 nitrogen and oxygen atoms in total. The summed E-state index contributed by atoms with van der Waals surface area (Å²) in [5, 5.41) is 3.22. The number of benzene rings is 2. The van der Waals surface area contributed by atoms with E-state index >= 15 is 0 Å². The number of hydrogen-bond acceptors (Lipinski definition) is 4. The number of halogens is 1. The maximum atomic E-state index is 12.9. The number of sulfonamides is 1. The van der Waals surface area contributed by atoms with Crippen molar-refractivity contribution in [3.05, 3.63) is 58.6 Å². The Labute approximate surface area is 177 Å². The molecule has 1 amide bonds. The largest absolute Gasteiger partial charge is 0.495 e. The van der Waals surface area contributed by atoms with Crippen molar-refractivity contribution in [2.45, 2.75) is 39.3 Å². The van der Waals surface area contributed by atoms with Crippen molar-refractivity contribution in [3.8, 4) is 5.75 Å². The highest BCUT2D eigenvalue weighted by atomic mass is 35.5. The highest BCUT2D eigenvalue weighted by molar-refractivity contribution is 7.92. The molecule has 2 aromatic rings. The molecule has 0 saturated carbocycles. The molecule has 0 aliphatic rings. The van der Waals surface area contributed by atoms with Crippen molar-refractivity contribution in [3.63, 3.8) is 0 Å². The molecule has 0 spiro atoms. The summed E-state index contributed by atoms with van der Waals surface area (Å²) in [6, 6.07) is 11.3. The average molecular weight is 439 g/mol. The van der Waals surface area contributed by atoms with E-state index in [0.717, 1.165) is 21.7 Å². The van der Waals surface area contributed by atoms with Gasteiger partial charge in [-0.25, -0.2) is 8.42 Å². The topological polar surface area (TPSA) is 75.7 Å². The lowest BCUT2D eigenvalue weighted by Gasteiger charge is -2.30. The van der Waals surface area contributed by atoms with Crippen molar-refractivity contribution in [1.82, 2.24) is 5.32 Å². The summed E-state index contributed by atoms with van der Waals surface area (Å²) < 4.78 is 31.1. The number of rotatable bonds is 8. The first-order chi connectivity index (χ1) is 13.6. The number of carbonyl (C=O) groups is 1. The van der Waals surface area contributed by atoms with Crippen LogP contribution in [0.5, 0.6) is 5.75 Å². The molecule has 2 aromatic carbocycles. The highest BCUT2D eigenvalue weighted by Crippen LogP contribution is 2.31. The Balaban J connectivity index is 2.31. The fourth-order valence-electron chi connectivity index (χ4n) is 3.11. The number of hydrogen-bond donors (Lipinski definition) is 1. The van der Waals surface area contributed by atoms with E-state index in [1.165, 1.54) is 13.2 Å². The molecule has 0 aliphatic carbocycles. The fourth-order valence-corrected chi connectivity index (χ4v) is 4.53. The van der Waals surface area contributed by atoms with E-state index in [0.29, 0.717) is 17.9 Å². The predicted octanol–water partition coefficient (Wildman–Crippen LogP) is 4.08. The number of aryl methyl sites for hydroxylation is 1. The highest BCUT2D eigenvalue weighted by Gasteiger charge is 2.30. The Morgan fingerprint density at radius 2 is 1.83 bits per heavy atom. The maximum absolute atomic E-state index is 12.9. The van der Waals surface area contributed by atoms with Crippen molar-refractivity contribution in [2.24, 2.45) is 0 Å². The minimum absolute atomic E-state index is 0.216. The van der Waals surface area contributed by atoms with Crippen molar-refractivity contribution in [2.75, 3.05) is 17.7 Å². The number of nitrogens with one attached hydrogen (secondary N) is 1. The molecular formula is C21H27ClN2O4S. The summed E-state index contributed by atoms with van der Waals surface area (Å²) in [6.45, 7) is 5.51. The fraction of sp³-hybridized carbons (Fsp3) is 0.381. The lowest BCUT2D eigenvalue weighted by Crippen LogP contribution is -2.48. The second-order valence-electron chi connectivity index (χ2n) is 6.93. The van der Waals surface area contributed by atoms with Gasteiger partial charge in [-0.05, 0) is 44.0 Å². The van der Waals surface area contributed by atoms with Crippen LogP contribution in [-0.4, -0.2) is 33.7 Å². The standard InChI is InChI=1S/C21H27ClN2O4S/c1-6-19(16-9-7-14(2)8-10-16)23-21(25)15(3)24(29(5,26)27)17-11-12-20(28-4)18(22)13-17/h7-13,15,19H,6H2,1-5H3,(H,23,25)/t15-,19-/m1/s1. The van der Waals surface area contributed by atoms with Crippen LogP contribution in [0.4, 0.5) is 5.69 Å². The van der Waals surface area contributed by atoms with Gasteiger partial charge in [0.1, 0.15) is 11.8 Å². The van der Waals surface area contributed by atoms with E-state index in [-0.39, 0.29) is 11.1 Å². The summed E-state index contributed by atoms with van der Waals surface area (Å²) >= 11 is 6.16. The molecular weight excluding hydrogens is 412 g/mol. The minimum Gasteiger partial charge on any atom is -0.495 e. The van der Waals surface area contributed by atoms with Crippen molar-refractivity contribution < 1.29 is 17.9 Å². The molecule has 0 aliphatic heterocycles. The minimum atomic E-state index is -3.74. The molecule has 2 rings (SSSR count). The van der Waals surface area contributed by atoms with Gasteiger partial charge in [-0.3, -0.25) is 9.10 Å². The van der Waals surface area contributed by atoms with Crippen LogP contribution in [-0.2, 0) is 14.8 Å². The summed E-state index contributed by atoms with van der Waals surface area (Å²) in [7, 11) is -2.26. The van der Waals surface area contributed by atoms with E-state index < -0.39 is 22.0 Å². The smallest absolute Gasteiger partial charge is 0.244 e. The Bertz CT molecular complexity index is 961. The van der Waals surface area contributed by atoms with E-state index in [1.807, 2.05) is 38.1 Å². The predicted molar refractivity (Wildman–Crippen MR) is 117 cm³/mol. The summed E-state index contributed by atoms with van der Waals surface area (Å²) in [5.41, 5.74) is 2.39. The molecule has 2 atom stereocenters. The molecule has 0 heterocycles. The average Bonchev–Trinajstić information content (AvgIpc) is 2.65. The van der Waals surface area contributed by atoms with Crippen LogP contribution >= 0.6 is 11.6 Å². The van der Waals surface area contributed by atoms with Gasteiger partial charge in [0.05, 0.1) is 30.1 Å². The second-order valence-corrected chi connectivity index (χ2v) is 9.20. The molecule has 0 saturated heterocycles. The summed E-state index contributed by atoms with van der Waals surface area (Å²) in [4.78, 5) is 12.9. The Kier molecular flexibility index (Phi) is 7.54. The van der Waals surface area contributed by atoms with Crippen LogP contribution < -0.4 is 14.4 Å². The van der Waals surface area contributed by atoms with Gasteiger partial charge in [-0.2, -0.15) is 0 Å². The number of nitrogens with zero attached hydrogens (tertiary/aromatic N) is 1. The Hall–Kier alpha value is -2.25. The monoisotopic (exact) mass is 438 g/mol. The van der Waals surface area contributed by atoms with Gasteiger partial charge in [-0.1, -0.05) is 48.4 Å². The number of carbonyl (C=O) groups excluding carboxylic acids is 1. The molecule has 1 N–H and O–H groups in total. The van der Waals surface area contributed by atoms with Gasteiger partial charge in [0, 0.05) is 0 Å². The molecule has 0 bridgehead atoms. The van der Waals surface area contributed by atoms with E-state index in [2.05, 4.69) is 5.32 Å². The Morgan fingerprint density at radius 1 is 1.21 bits per heavy atom. The Morgan fingerprint density at radius 3 is 2.31 bits per heavy atom. The third kappa shape index (κ3) is 5.64. The van der Waals surface area contributed by atoms with Crippen LogP contribution in [0.1, 0.15) is 37.4 Å². The van der Waals surface area contributed by atoms with Gasteiger partial charge in [0.2, 0.25) is 15.9 Å². The molecule has 158 valence electrons.